The number of aromatic nitrogens is 1. The number of carbonyl (C=O) groups is 1. The third kappa shape index (κ3) is 3.91. The Labute approximate surface area is 210 Å². The third-order valence-electron chi connectivity index (χ3n) is 6.11. The van der Waals surface area contributed by atoms with E-state index in [1.54, 1.807) is 4.57 Å². The third-order valence-corrected chi connectivity index (χ3v) is 7.09. The summed E-state index contributed by atoms with van der Waals surface area (Å²) < 4.78 is 13.0. The maximum absolute atomic E-state index is 13.7. The van der Waals surface area contributed by atoms with Gasteiger partial charge in [0.05, 0.1) is 21.8 Å². The van der Waals surface area contributed by atoms with Crippen LogP contribution in [0.3, 0.4) is 0 Å². The van der Waals surface area contributed by atoms with Crippen molar-refractivity contribution in [2.45, 2.75) is 13.0 Å². The van der Waals surface area contributed by atoms with Gasteiger partial charge < -0.3 is 14.8 Å². The van der Waals surface area contributed by atoms with E-state index in [1.165, 1.54) is 11.3 Å². The molecule has 1 atom stereocenters. The lowest BCUT2D eigenvalue weighted by Crippen LogP contribution is -2.40. The number of fused-ring (bicyclic) bond motifs is 2. The molecule has 8 heteroatoms. The van der Waals surface area contributed by atoms with Gasteiger partial charge >= 0.3 is 0 Å². The van der Waals surface area contributed by atoms with Crippen LogP contribution in [0.25, 0.3) is 6.08 Å². The topological polar surface area (TPSA) is 81.9 Å². The summed E-state index contributed by atoms with van der Waals surface area (Å²) in [4.78, 5) is 32.5. The number of amides is 1. The minimum Gasteiger partial charge on any atom is -0.454 e. The van der Waals surface area contributed by atoms with Gasteiger partial charge in [-0.1, -0.05) is 65.9 Å². The molecule has 0 fully saturated rings. The number of rotatable bonds is 4. The number of anilines is 1. The van der Waals surface area contributed by atoms with Crippen LogP contribution >= 0.6 is 11.3 Å². The van der Waals surface area contributed by atoms with E-state index < -0.39 is 6.04 Å². The number of hydrogen-bond donors (Lipinski definition) is 1. The average molecular weight is 496 g/mol. The van der Waals surface area contributed by atoms with E-state index in [-0.39, 0.29) is 18.3 Å². The molecular formula is C28H21N3O4S. The quantitative estimate of drug-likeness (QED) is 0.469. The zero-order valence-electron chi connectivity index (χ0n) is 19.3. The summed E-state index contributed by atoms with van der Waals surface area (Å²) in [5, 5.41) is 2.96. The number of nitrogens with zero attached hydrogens (tertiary/aromatic N) is 2. The largest absolute Gasteiger partial charge is 0.454 e. The molecule has 0 aliphatic carbocycles. The molecule has 36 heavy (non-hydrogen) atoms. The molecule has 0 radical (unpaired) electrons. The lowest BCUT2D eigenvalue weighted by Gasteiger charge is -2.25. The van der Waals surface area contributed by atoms with Crippen LogP contribution in [0.4, 0.5) is 5.69 Å². The number of thiazole rings is 1. The highest BCUT2D eigenvalue weighted by Crippen LogP contribution is 2.33. The fourth-order valence-electron chi connectivity index (χ4n) is 4.44. The van der Waals surface area contributed by atoms with Crippen molar-refractivity contribution in [3.8, 4) is 11.5 Å². The van der Waals surface area contributed by atoms with Crippen LogP contribution in [0, 0.1) is 0 Å². The van der Waals surface area contributed by atoms with Gasteiger partial charge in [-0.15, -0.1) is 0 Å². The molecule has 3 heterocycles. The maximum Gasteiger partial charge on any atom is 0.271 e. The van der Waals surface area contributed by atoms with Crippen LogP contribution in [-0.4, -0.2) is 17.3 Å². The lowest BCUT2D eigenvalue weighted by molar-refractivity contribution is -0.113. The van der Waals surface area contributed by atoms with Crippen LogP contribution in [0.5, 0.6) is 11.5 Å². The number of para-hydroxylation sites is 1. The van der Waals surface area contributed by atoms with E-state index in [0.717, 1.165) is 11.1 Å². The monoisotopic (exact) mass is 495 g/mol. The molecule has 4 aromatic rings. The van der Waals surface area contributed by atoms with Gasteiger partial charge in [0.2, 0.25) is 6.79 Å². The zero-order valence-corrected chi connectivity index (χ0v) is 20.1. The second kappa shape index (κ2) is 8.98. The fraction of sp³-hybridized carbons (Fsp3) is 0.107. The van der Waals surface area contributed by atoms with Crippen molar-refractivity contribution in [2.24, 2.45) is 4.99 Å². The fourth-order valence-corrected chi connectivity index (χ4v) is 5.48. The summed E-state index contributed by atoms with van der Waals surface area (Å²) >= 11 is 1.30. The Morgan fingerprint density at radius 1 is 1.03 bits per heavy atom. The molecule has 0 saturated carbocycles. The summed E-state index contributed by atoms with van der Waals surface area (Å²) in [7, 11) is 0. The van der Waals surface area contributed by atoms with Crippen molar-refractivity contribution >= 4 is 29.0 Å². The highest BCUT2D eigenvalue weighted by atomic mass is 32.1. The first kappa shape index (κ1) is 22.1. The first-order valence-corrected chi connectivity index (χ1v) is 12.2. The number of nitrogens with one attached hydrogen (secondary N) is 1. The van der Waals surface area contributed by atoms with Gasteiger partial charge in [0.1, 0.15) is 0 Å². The first-order chi connectivity index (χ1) is 17.6. The Bertz CT molecular complexity index is 1690. The lowest BCUT2D eigenvalue weighted by atomic mass is 9.95. The highest BCUT2D eigenvalue weighted by Gasteiger charge is 2.32. The van der Waals surface area contributed by atoms with Gasteiger partial charge in [-0.2, -0.15) is 0 Å². The van der Waals surface area contributed by atoms with E-state index in [0.29, 0.717) is 37.8 Å². The molecule has 0 bridgehead atoms. The normalized spacial score (nSPS) is 16.5. The summed E-state index contributed by atoms with van der Waals surface area (Å²) in [5.74, 6) is 1.04. The van der Waals surface area contributed by atoms with Crippen LogP contribution < -0.4 is 29.7 Å². The highest BCUT2D eigenvalue weighted by molar-refractivity contribution is 7.07. The van der Waals surface area contributed by atoms with E-state index in [9.17, 15) is 9.59 Å². The molecule has 178 valence electrons. The summed E-state index contributed by atoms with van der Waals surface area (Å²) in [6, 6.07) is 23.8. The van der Waals surface area contributed by atoms with Gasteiger partial charge in [0.25, 0.3) is 11.5 Å². The Kier molecular flexibility index (Phi) is 5.50. The van der Waals surface area contributed by atoms with E-state index >= 15 is 0 Å². The number of allylic oxidation sites excluding steroid dienone is 1. The van der Waals surface area contributed by atoms with Crippen LogP contribution in [0.15, 0.2) is 99.9 Å². The molecule has 1 N–H and O–H groups in total. The van der Waals surface area contributed by atoms with E-state index in [2.05, 4.69) is 10.3 Å². The molecule has 1 aromatic heterocycles. The molecule has 1 amide bonds. The van der Waals surface area contributed by atoms with Gasteiger partial charge in [-0.25, -0.2) is 4.99 Å². The number of ether oxygens (including phenoxy) is 2. The smallest absolute Gasteiger partial charge is 0.271 e. The predicted molar refractivity (Wildman–Crippen MR) is 138 cm³/mol. The molecule has 6 rings (SSSR count). The first-order valence-electron chi connectivity index (χ1n) is 11.4. The molecule has 2 aliphatic heterocycles. The molecule has 7 nitrogen and oxygen atoms in total. The molecule has 0 spiro atoms. The predicted octanol–water partition coefficient (Wildman–Crippen LogP) is 3.60. The standard InChI is InChI=1S/C28H21N3O4S/c1-17-24(26(32)30-20-10-6-3-7-11-20)25(19-8-4-2-5-9-19)31-27(33)23(36-28(31)29-17)15-18-12-13-21-22(14-18)35-16-34-21/h2-15,25H,16H2,1H3,(H,30,32)/t25-/m1/s1. The number of hydrogen-bond acceptors (Lipinski definition) is 6. The second-order valence-electron chi connectivity index (χ2n) is 8.43. The van der Waals surface area contributed by atoms with Crippen LogP contribution in [-0.2, 0) is 4.79 Å². The van der Waals surface area contributed by atoms with Gasteiger partial charge in [0, 0.05) is 5.69 Å². The maximum atomic E-state index is 13.7. The van der Waals surface area contributed by atoms with Gasteiger partial charge in [-0.3, -0.25) is 14.2 Å². The van der Waals surface area contributed by atoms with E-state index in [1.807, 2.05) is 91.9 Å². The Morgan fingerprint density at radius 3 is 2.53 bits per heavy atom. The zero-order chi connectivity index (χ0) is 24.6. The Hall–Kier alpha value is -4.43. The summed E-state index contributed by atoms with van der Waals surface area (Å²) in [6.07, 6.45) is 1.82. The van der Waals surface area contributed by atoms with Crippen molar-refractivity contribution in [1.29, 1.82) is 0 Å². The van der Waals surface area contributed by atoms with E-state index in [4.69, 9.17) is 9.47 Å². The minimum atomic E-state index is -0.606. The average Bonchev–Trinajstić information content (AvgIpc) is 3.48. The van der Waals surface area contributed by atoms with Crippen molar-refractivity contribution in [3.05, 3.63) is 121 Å². The molecule has 0 unspecified atom stereocenters. The van der Waals surface area contributed by atoms with Crippen molar-refractivity contribution < 1.29 is 14.3 Å². The number of carbonyl (C=O) groups excluding carboxylic acids is 1. The van der Waals surface area contributed by atoms with Crippen molar-refractivity contribution in [3.63, 3.8) is 0 Å². The van der Waals surface area contributed by atoms with Crippen molar-refractivity contribution in [1.82, 2.24) is 4.57 Å². The Morgan fingerprint density at radius 2 is 1.75 bits per heavy atom. The summed E-state index contributed by atoms with van der Waals surface area (Å²) in [5.41, 5.74) is 3.14. The van der Waals surface area contributed by atoms with Crippen LogP contribution in [0.2, 0.25) is 0 Å². The molecule has 0 saturated heterocycles. The molecular weight excluding hydrogens is 474 g/mol. The minimum absolute atomic E-state index is 0.186. The summed E-state index contributed by atoms with van der Waals surface area (Å²) in [6.45, 7) is 2.00. The van der Waals surface area contributed by atoms with Crippen LogP contribution in [0.1, 0.15) is 24.1 Å². The van der Waals surface area contributed by atoms with Gasteiger partial charge in [-0.05, 0) is 48.4 Å². The SMILES string of the molecule is CC1=C(C(=O)Nc2ccccc2)[C@@H](c2ccccc2)n2c(sc(=Cc3ccc4c(c3)OCO4)c2=O)=N1. The molecule has 2 aliphatic rings. The second-order valence-corrected chi connectivity index (χ2v) is 9.43. The number of benzene rings is 3. The van der Waals surface area contributed by atoms with Crippen molar-refractivity contribution in [2.75, 3.05) is 12.1 Å². The van der Waals surface area contributed by atoms with Gasteiger partial charge in [0.15, 0.2) is 16.3 Å². The molecule has 3 aromatic carbocycles. The Balaban J connectivity index is 1.48.